The fourth-order valence-electron chi connectivity index (χ4n) is 2.33. The molecule has 1 aromatic rings. The number of rotatable bonds is 0. The zero-order chi connectivity index (χ0) is 12.2. The van der Waals surface area contributed by atoms with Crippen molar-refractivity contribution in [3.8, 4) is 5.75 Å². The minimum atomic E-state index is -1.15. The van der Waals surface area contributed by atoms with E-state index in [2.05, 4.69) is 19.9 Å². The molecule has 0 amide bonds. The van der Waals surface area contributed by atoms with E-state index < -0.39 is 5.79 Å². The first-order valence-corrected chi connectivity index (χ1v) is 5.71. The molecule has 0 radical (unpaired) electrons. The van der Waals surface area contributed by atoms with Crippen LogP contribution in [0.3, 0.4) is 0 Å². The molecule has 0 saturated carbocycles. The van der Waals surface area contributed by atoms with Crippen molar-refractivity contribution in [2.75, 3.05) is 0 Å². The lowest BCUT2D eigenvalue weighted by atomic mass is 9.59. The summed E-state index contributed by atoms with van der Waals surface area (Å²) in [7, 11) is 0. The Morgan fingerprint density at radius 1 is 1.00 bits per heavy atom. The van der Waals surface area contributed by atoms with Crippen molar-refractivity contribution in [3.05, 3.63) is 29.8 Å². The summed E-state index contributed by atoms with van der Waals surface area (Å²) in [6.07, 6.45) is 0. The highest BCUT2D eigenvalue weighted by Gasteiger charge is 2.56. The van der Waals surface area contributed by atoms with Gasteiger partial charge in [0, 0.05) is 23.3 Å². The molecule has 1 N–H and O–H groups in total. The monoisotopic (exact) mass is 220 g/mol. The van der Waals surface area contributed by atoms with Crippen molar-refractivity contribution in [2.45, 2.75) is 45.8 Å². The lowest BCUT2D eigenvalue weighted by Gasteiger charge is -2.54. The van der Waals surface area contributed by atoms with E-state index in [1.165, 1.54) is 0 Å². The molecule has 88 valence electrons. The highest BCUT2D eigenvalue weighted by Crippen LogP contribution is 2.55. The number of hydrogen-bond donors (Lipinski definition) is 1. The first kappa shape index (κ1) is 11.5. The van der Waals surface area contributed by atoms with E-state index in [4.69, 9.17) is 4.74 Å². The van der Waals surface area contributed by atoms with Crippen LogP contribution in [0.25, 0.3) is 0 Å². The van der Waals surface area contributed by atoms with Crippen molar-refractivity contribution in [1.82, 2.24) is 0 Å². The van der Waals surface area contributed by atoms with Crippen LogP contribution in [0.2, 0.25) is 0 Å². The van der Waals surface area contributed by atoms with E-state index in [0.29, 0.717) is 0 Å². The van der Waals surface area contributed by atoms with Gasteiger partial charge >= 0.3 is 0 Å². The largest absolute Gasteiger partial charge is 0.462 e. The van der Waals surface area contributed by atoms with Gasteiger partial charge in [-0.15, -0.1) is 0 Å². The average Bonchev–Trinajstić information content (AvgIpc) is 2.15. The van der Waals surface area contributed by atoms with Gasteiger partial charge in [0.1, 0.15) is 5.75 Å². The van der Waals surface area contributed by atoms with Gasteiger partial charge in [0.05, 0.1) is 0 Å². The van der Waals surface area contributed by atoms with Crippen LogP contribution in [0.1, 0.15) is 40.2 Å². The van der Waals surface area contributed by atoms with Gasteiger partial charge in [-0.05, 0) is 6.07 Å². The first-order valence-electron chi connectivity index (χ1n) is 5.71. The van der Waals surface area contributed by atoms with Gasteiger partial charge in [-0.3, -0.25) is 0 Å². The molecule has 0 bridgehead atoms. The van der Waals surface area contributed by atoms with E-state index in [0.717, 1.165) is 11.3 Å². The van der Waals surface area contributed by atoms with Crippen LogP contribution in [0.4, 0.5) is 0 Å². The maximum atomic E-state index is 10.5. The van der Waals surface area contributed by atoms with Crippen LogP contribution in [-0.2, 0) is 5.41 Å². The molecule has 0 fully saturated rings. The molecule has 1 atom stereocenters. The third kappa shape index (κ3) is 1.23. The minimum Gasteiger partial charge on any atom is -0.462 e. The zero-order valence-corrected chi connectivity index (χ0v) is 10.7. The van der Waals surface area contributed by atoms with Crippen molar-refractivity contribution in [2.24, 2.45) is 5.41 Å². The molecule has 16 heavy (non-hydrogen) atoms. The highest BCUT2D eigenvalue weighted by atomic mass is 16.6. The van der Waals surface area contributed by atoms with Gasteiger partial charge in [-0.2, -0.15) is 0 Å². The Morgan fingerprint density at radius 3 is 2.19 bits per heavy atom. The van der Waals surface area contributed by atoms with Crippen LogP contribution >= 0.6 is 0 Å². The van der Waals surface area contributed by atoms with E-state index in [9.17, 15) is 5.11 Å². The predicted octanol–water partition coefficient (Wildman–Crippen LogP) is 3.09. The lowest BCUT2D eigenvalue weighted by molar-refractivity contribution is -0.231. The molecule has 0 spiro atoms. The number of aliphatic hydroxyl groups is 1. The SMILES string of the molecule is CC1(O)Oc2ccccc2C(C)(C)C1(C)C. The quantitative estimate of drug-likeness (QED) is 0.728. The van der Waals surface area contributed by atoms with Gasteiger partial charge in [-0.25, -0.2) is 0 Å². The van der Waals surface area contributed by atoms with Crippen LogP contribution in [0.5, 0.6) is 5.75 Å². The fraction of sp³-hybridized carbons (Fsp3) is 0.571. The number of ether oxygens (including phenoxy) is 1. The second kappa shape index (κ2) is 3.01. The van der Waals surface area contributed by atoms with E-state index in [1.807, 2.05) is 32.0 Å². The summed E-state index contributed by atoms with van der Waals surface area (Å²) >= 11 is 0. The summed E-state index contributed by atoms with van der Waals surface area (Å²) in [5.74, 6) is -0.359. The van der Waals surface area contributed by atoms with Crippen LogP contribution < -0.4 is 4.74 Å². The van der Waals surface area contributed by atoms with Crippen LogP contribution in [0, 0.1) is 5.41 Å². The summed E-state index contributed by atoms with van der Waals surface area (Å²) < 4.78 is 5.73. The van der Waals surface area contributed by atoms with Gasteiger partial charge in [0.2, 0.25) is 5.79 Å². The molecule has 2 heteroatoms. The summed E-state index contributed by atoms with van der Waals surface area (Å²) in [5, 5.41) is 10.5. The van der Waals surface area contributed by atoms with Crippen molar-refractivity contribution in [1.29, 1.82) is 0 Å². The summed E-state index contributed by atoms with van der Waals surface area (Å²) in [6.45, 7) is 10.1. The molecule has 0 saturated heterocycles. The third-order valence-corrected chi connectivity index (χ3v) is 4.59. The van der Waals surface area contributed by atoms with Crippen molar-refractivity contribution < 1.29 is 9.84 Å². The van der Waals surface area contributed by atoms with Gasteiger partial charge in [0.25, 0.3) is 0 Å². The van der Waals surface area contributed by atoms with Crippen LogP contribution in [-0.4, -0.2) is 10.9 Å². The van der Waals surface area contributed by atoms with E-state index in [-0.39, 0.29) is 10.8 Å². The summed E-state index contributed by atoms with van der Waals surface area (Å²) in [4.78, 5) is 0. The Bertz CT molecular complexity index is 416. The maximum absolute atomic E-state index is 10.5. The van der Waals surface area contributed by atoms with Gasteiger partial charge < -0.3 is 9.84 Å². The maximum Gasteiger partial charge on any atom is 0.211 e. The third-order valence-electron chi connectivity index (χ3n) is 4.59. The topological polar surface area (TPSA) is 29.5 Å². The number of para-hydroxylation sites is 1. The Kier molecular flexibility index (Phi) is 2.16. The molecule has 0 aromatic heterocycles. The highest BCUT2D eigenvalue weighted by molar-refractivity contribution is 5.43. The predicted molar refractivity (Wildman–Crippen MR) is 64.5 cm³/mol. The van der Waals surface area contributed by atoms with E-state index in [1.54, 1.807) is 6.92 Å². The molecule has 1 aliphatic rings. The van der Waals surface area contributed by atoms with Gasteiger partial charge in [0.15, 0.2) is 0 Å². The Labute approximate surface area is 97.3 Å². The molecule has 2 rings (SSSR count). The number of benzene rings is 1. The lowest BCUT2D eigenvalue weighted by Crippen LogP contribution is -2.59. The molecule has 0 aliphatic carbocycles. The molecule has 1 aromatic carbocycles. The Balaban J connectivity index is 2.68. The van der Waals surface area contributed by atoms with Crippen molar-refractivity contribution >= 4 is 0 Å². The van der Waals surface area contributed by atoms with Gasteiger partial charge in [-0.1, -0.05) is 45.9 Å². The standard InChI is InChI=1S/C14H20O2/c1-12(2)10-8-6-7-9-11(10)16-14(5,15)13(12,3)4/h6-9,15H,1-5H3. The molecular weight excluding hydrogens is 200 g/mol. The van der Waals surface area contributed by atoms with Crippen molar-refractivity contribution in [3.63, 3.8) is 0 Å². The molecule has 1 heterocycles. The summed E-state index contributed by atoms with van der Waals surface area (Å²) in [6, 6.07) is 7.94. The first-order chi connectivity index (χ1) is 7.20. The van der Waals surface area contributed by atoms with Crippen LogP contribution in [0.15, 0.2) is 24.3 Å². The Hall–Kier alpha value is -1.02. The van der Waals surface area contributed by atoms with E-state index >= 15 is 0 Å². The number of fused-ring (bicyclic) bond motifs is 1. The summed E-state index contributed by atoms with van der Waals surface area (Å²) in [5.41, 5.74) is 0.672. The molecule has 2 nitrogen and oxygen atoms in total. The molecule has 1 aliphatic heterocycles. The Morgan fingerprint density at radius 2 is 1.56 bits per heavy atom. The minimum absolute atomic E-state index is 0.134. The molecule has 1 unspecified atom stereocenters. The molecular formula is C14H20O2. The smallest absolute Gasteiger partial charge is 0.211 e. The zero-order valence-electron chi connectivity index (χ0n) is 10.7. The second-order valence-electron chi connectivity index (χ2n) is 5.83. The number of hydrogen-bond acceptors (Lipinski definition) is 2. The second-order valence-corrected chi connectivity index (χ2v) is 5.83. The fourth-order valence-corrected chi connectivity index (χ4v) is 2.33. The normalized spacial score (nSPS) is 30.4. The average molecular weight is 220 g/mol.